The summed E-state index contributed by atoms with van der Waals surface area (Å²) in [7, 11) is 0. The Morgan fingerprint density at radius 2 is 1.92 bits per heavy atom. The Morgan fingerprint density at radius 1 is 1.03 bits per heavy atom. The first-order valence-corrected chi connectivity index (χ1v) is 13.2. The molecule has 0 radical (unpaired) electrons. The normalized spacial score (nSPS) is 11.4. The van der Waals surface area contributed by atoms with Crippen molar-refractivity contribution in [1.29, 1.82) is 0 Å². The van der Waals surface area contributed by atoms with E-state index in [1.54, 1.807) is 29.9 Å². The monoisotopic (exact) mass is 506 g/mol. The lowest BCUT2D eigenvalue weighted by Gasteiger charge is -2.07. The van der Waals surface area contributed by atoms with Gasteiger partial charge < -0.3 is 10.3 Å². The molecule has 0 bridgehead atoms. The van der Waals surface area contributed by atoms with Crippen LogP contribution in [0.5, 0.6) is 0 Å². The average molecular weight is 507 g/mol. The van der Waals surface area contributed by atoms with Gasteiger partial charge in [-0.1, -0.05) is 25.5 Å². The molecule has 7 nitrogen and oxygen atoms in total. The van der Waals surface area contributed by atoms with Crippen molar-refractivity contribution in [1.82, 2.24) is 25.1 Å². The van der Waals surface area contributed by atoms with Crippen molar-refractivity contribution in [2.45, 2.75) is 33.1 Å². The molecular weight excluding hydrogens is 480 g/mol. The predicted molar refractivity (Wildman–Crippen MR) is 151 cm³/mol. The number of unbranched alkanes of at least 4 members (excludes halogenated alkanes) is 1. The number of anilines is 1. The number of H-pyrrole nitrogens is 2. The molecule has 0 spiro atoms. The van der Waals surface area contributed by atoms with Crippen LogP contribution in [-0.4, -0.2) is 31.1 Å². The van der Waals surface area contributed by atoms with Crippen LogP contribution in [0.2, 0.25) is 0 Å². The number of rotatable bonds is 7. The first-order valence-electron chi connectivity index (χ1n) is 12.4. The Labute approximate surface area is 218 Å². The number of hydrogen-bond donors (Lipinski definition) is 3. The summed E-state index contributed by atoms with van der Waals surface area (Å²) in [5, 5.41) is 12.6. The Kier molecular flexibility index (Phi) is 6.02. The topological polar surface area (TPSA) is 99.3 Å². The number of fused-ring (bicyclic) bond motifs is 2. The average Bonchev–Trinajstić information content (AvgIpc) is 3.64. The van der Waals surface area contributed by atoms with Crippen LogP contribution in [0, 0.1) is 6.92 Å². The lowest BCUT2D eigenvalue weighted by molar-refractivity contribution is -0.116. The second kappa shape index (κ2) is 9.63. The van der Waals surface area contributed by atoms with Gasteiger partial charge in [0.1, 0.15) is 0 Å². The van der Waals surface area contributed by atoms with Crippen LogP contribution >= 0.6 is 11.3 Å². The van der Waals surface area contributed by atoms with Gasteiger partial charge in [-0.15, -0.1) is 11.3 Å². The molecule has 0 aliphatic rings. The minimum Gasteiger partial charge on any atom is -0.353 e. The third-order valence-electron chi connectivity index (χ3n) is 6.46. The number of pyridine rings is 2. The molecule has 3 N–H and O–H groups in total. The quantitative estimate of drug-likeness (QED) is 0.211. The minimum atomic E-state index is 0.00221. The molecule has 37 heavy (non-hydrogen) atoms. The summed E-state index contributed by atoms with van der Waals surface area (Å²) < 4.78 is 0. The lowest BCUT2D eigenvalue weighted by Crippen LogP contribution is -2.11. The van der Waals surface area contributed by atoms with Crippen LogP contribution in [0.4, 0.5) is 5.69 Å². The molecule has 0 aliphatic heterocycles. The standard InChI is InChI=1S/C29H26N6OS/c1-3-4-8-27(36)32-20-11-18(14-30-16-20)19-12-23-28(34-35-29(23)31-15-19)25-13-22-21(6-5-7-24(22)33-25)26-10-9-17(2)37-26/h5-7,9-16,33H,3-4,8H2,1-2H3,(H,32,36)(H,31,34,35). The fraction of sp³-hybridized carbons (Fsp3) is 0.172. The van der Waals surface area contributed by atoms with E-state index in [1.807, 2.05) is 6.07 Å². The van der Waals surface area contributed by atoms with Gasteiger partial charge in [-0.05, 0) is 49.7 Å². The maximum atomic E-state index is 12.2. The molecule has 0 fully saturated rings. The summed E-state index contributed by atoms with van der Waals surface area (Å²) in [5.74, 6) is 0.00221. The van der Waals surface area contributed by atoms with Crippen molar-refractivity contribution in [2.75, 3.05) is 5.32 Å². The zero-order chi connectivity index (χ0) is 25.4. The summed E-state index contributed by atoms with van der Waals surface area (Å²) in [5.41, 5.74) is 7.21. The van der Waals surface area contributed by atoms with Crippen molar-refractivity contribution < 1.29 is 4.79 Å². The fourth-order valence-electron chi connectivity index (χ4n) is 4.57. The number of aromatic amines is 2. The Morgan fingerprint density at radius 3 is 2.76 bits per heavy atom. The van der Waals surface area contributed by atoms with Gasteiger partial charge in [0.05, 0.1) is 23.3 Å². The van der Waals surface area contributed by atoms with Crippen molar-refractivity contribution in [3.63, 3.8) is 0 Å². The van der Waals surface area contributed by atoms with E-state index in [4.69, 9.17) is 0 Å². The molecule has 5 aromatic heterocycles. The molecule has 0 saturated carbocycles. The van der Waals surface area contributed by atoms with E-state index in [0.717, 1.165) is 46.3 Å². The van der Waals surface area contributed by atoms with Crippen molar-refractivity contribution in [2.24, 2.45) is 0 Å². The van der Waals surface area contributed by atoms with E-state index < -0.39 is 0 Å². The van der Waals surface area contributed by atoms with E-state index >= 15 is 0 Å². The first kappa shape index (κ1) is 23.1. The number of carbonyl (C=O) groups excluding carboxylic acids is 1. The number of hydrogen-bond acceptors (Lipinski definition) is 5. The van der Waals surface area contributed by atoms with Crippen LogP contribution < -0.4 is 5.32 Å². The Balaban J connectivity index is 1.37. The van der Waals surface area contributed by atoms with Crippen LogP contribution in [-0.2, 0) is 4.79 Å². The largest absolute Gasteiger partial charge is 0.353 e. The number of benzene rings is 1. The van der Waals surface area contributed by atoms with Gasteiger partial charge in [-0.3, -0.25) is 14.9 Å². The van der Waals surface area contributed by atoms with Gasteiger partial charge in [-0.2, -0.15) is 5.10 Å². The summed E-state index contributed by atoms with van der Waals surface area (Å²) in [6, 6.07) is 16.8. The molecule has 0 unspecified atom stereocenters. The van der Waals surface area contributed by atoms with Gasteiger partial charge in [0.25, 0.3) is 0 Å². The number of aromatic nitrogens is 5. The van der Waals surface area contributed by atoms with Crippen LogP contribution in [0.15, 0.2) is 67.1 Å². The van der Waals surface area contributed by atoms with E-state index in [2.05, 4.69) is 86.8 Å². The van der Waals surface area contributed by atoms with Gasteiger partial charge in [0, 0.05) is 61.5 Å². The number of nitrogens with one attached hydrogen (secondary N) is 3. The van der Waals surface area contributed by atoms with Crippen molar-refractivity contribution >= 4 is 44.9 Å². The molecule has 1 amide bonds. The highest BCUT2D eigenvalue weighted by Gasteiger charge is 2.15. The Hall–Kier alpha value is -4.30. The third kappa shape index (κ3) is 4.51. The number of thiophene rings is 1. The highest BCUT2D eigenvalue weighted by molar-refractivity contribution is 7.15. The summed E-state index contributed by atoms with van der Waals surface area (Å²) in [6.07, 6.45) is 7.59. The molecule has 184 valence electrons. The van der Waals surface area contributed by atoms with E-state index in [0.29, 0.717) is 17.8 Å². The molecule has 0 saturated heterocycles. The molecule has 6 rings (SSSR count). The number of aryl methyl sites for hydroxylation is 1. The lowest BCUT2D eigenvalue weighted by atomic mass is 10.1. The minimum absolute atomic E-state index is 0.00221. The molecule has 0 aliphatic carbocycles. The zero-order valence-corrected chi connectivity index (χ0v) is 21.4. The van der Waals surface area contributed by atoms with Gasteiger partial charge in [0.15, 0.2) is 5.65 Å². The van der Waals surface area contributed by atoms with Crippen LogP contribution in [0.25, 0.3) is 54.9 Å². The first-order chi connectivity index (χ1) is 18.1. The molecule has 6 aromatic rings. The Bertz CT molecular complexity index is 1740. The number of amides is 1. The summed E-state index contributed by atoms with van der Waals surface area (Å²) in [4.78, 5) is 27.2. The SMILES string of the molecule is CCCCC(=O)Nc1cncc(-c2cnc3n[nH]c(-c4cc5c(-c6ccc(C)s6)cccc5[nH]4)c3c2)c1. The van der Waals surface area contributed by atoms with Gasteiger partial charge in [0.2, 0.25) is 5.91 Å². The molecule has 5 heterocycles. The van der Waals surface area contributed by atoms with Crippen molar-refractivity contribution in [3.8, 4) is 33.0 Å². The highest BCUT2D eigenvalue weighted by Crippen LogP contribution is 2.37. The molecular formula is C29H26N6OS. The second-order valence-corrected chi connectivity index (χ2v) is 10.5. The van der Waals surface area contributed by atoms with Gasteiger partial charge >= 0.3 is 0 Å². The fourth-order valence-corrected chi connectivity index (χ4v) is 5.48. The number of nitrogens with zero attached hydrogens (tertiary/aromatic N) is 3. The molecule has 1 aromatic carbocycles. The third-order valence-corrected chi connectivity index (χ3v) is 7.50. The second-order valence-electron chi connectivity index (χ2n) is 9.17. The summed E-state index contributed by atoms with van der Waals surface area (Å²) >= 11 is 1.80. The van der Waals surface area contributed by atoms with E-state index in [-0.39, 0.29) is 5.91 Å². The van der Waals surface area contributed by atoms with Crippen molar-refractivity contribution in [3.05, 3.63) is 72.0 Å². The van der Waals surface area contributed by atoms with Crippen LogP contribution in [0.1, 0.15) is 31.1 Å². The van der Waals surface area contributed by atoms with Crippen LogP contribution in [0.3, 0.4) is 0 Å². The van der Waals surface area contributed by atoms with E-state index in [9.17, 15) is 4.79 Å². The molecule has 8 heteroatoms. The zero-order valence-electron chi connectivity index (χ0n) is 20.6. The summed E-state index contributed by atoms with van der Waals surface area (Å²) in [6.45, 7) is 4.20. The van der Waals surface area contributed by atoms with E-state index in [1.165, 1.54) is 20.7 Å². The number of carbonyl (C=O) groups is 1. The van der Waals surface area contributed by atoms with Gasteiger partial charge in [-0.25, -0.2) is 4.98 Å². The smallest absolute Gasteiger partial charge is 0.224 e. The maximum Gasteiger partial charge on any atom is 0.224 e. The highest BCUT2D eigenvalue weighted by atomic mass is 32.1. The maximum absolute atomic E-state index is 12.2. The molecule has 0 atom stereocenters. The predicted octanol–water partition coefficient (Wildman–Crippen LogP) is 7.33.